The van der Waals surface area contributed by atoms with E-state index >= 15 is 0 Å². The Hall–Kier alpha value is -2.49. The minimum atomic E-state index is -0.186. The van der Waals surface area contributed by atoms with E-state index in [2.05, 4.69) is 39.8 Å². The third-order valence-electron chi connectivity index (χ3n) is 4.49. The number of anilines is 2. The molecule has 1 saturated heterocycles. The Morgan fingerprint density at radius 2 is 1.62 bits per heavy atom. The third-order valence-corrected chi connectivity index (χ3v) is 4.49. The number of para-hydroxylation sites is 1. The van der Waals surface area contributed by atoms with Crippen molar-refractivity contribution in [3.05, 3.63) is 60.2 Å². The number of amides is 2. The number of piperidine rings is 1. The molecule has 0 radical (unpaired) electrons. The first kappa shape index (κ1) is 16.4. The van der Waals surface area contributed by atoms with Crippen LogP contribution in [0, 0.1) is 0 Å². The number of nitrogens with one attached hydrogen (secondary N) is 2. The molecular weight excluding hydrogens is 298 g/mol. The highest BCUT2D eigenvalue weighted by Gasteiger charge is 2.13. The third kappa shape index (κ3) is 4.28. The summed E-state index contributed by atoms with van der Waals surface area (Å²) in [6.45, 7) is 4.29. The maximum Gasteiger partial charge on any atom is 0.319 e. The summed E-state index contributed by atoms with van der Waals surface area (Å²) in [4.78, 5) is 14.5. The molecule has 2 amide bonds. The van der Waals surface area contributed by atoms with E-state index in [0.29, 0.717) is 0 Å². The van der Waals surface area contributed by atoms with Crippen LogP contribution in [0.15, 0.2) is 54.6 Å². The molecule has 0 bridgehead atoms. The van der Waals surface area contributed by atoms with Crippen LogP contribution < -0.4 is 15.5 Å². The second-order valence-corrected chi connectivity index (χ2v) is 6.33. The Morgan fingerprint density at radius 3 is 2.29 bits per heavy atom. The van der Waals surface area contributed by atoms with Gasteiger partial charge in [0.05, 0.1) is 6.04 Å². The zero-order valence-corrected chi connectivity index (χ0v) is 14.2. The van der Waals surface area contributed by atoms with Gasteiger partial charge in [-0.25, -0.2) is 4.79 Å². The van der Waals surface area contributed by atoms with Crippen molar-refractivity contribution in [1.82, 2.24) is 5.32 Å². The standard InChI is InChI=1S/C20H25N3O/c1-16(21-20(24)22-18-8-4-2-5-9-18)17-10-12-19(13-11-17)23-14-6-3-7-15-23/h2,4-5,8-13,16H,3,6-7,14-15H2,1H3,(H2,21,22,24)/t16-/m1/s1. The Labute approximate surface area is 143 Å². The van der Waals surface area contributed by atoms with Crippen molar-refractivity contribution < 1.29 is 4.79 Å². The average Bonchev–Trinajstić information content (AvgIpc) is 2.63. The molecule has 0 saturated carbocycles. The molecule has 24 heavy (non-hydrogen) atoms. The van der Waals surface area contributed by atoms with Crippen molar-refractivity contribution in [2.75, 3.05) is 23.3 Å². The summed E-state index contributed by atoms with van der Waals surface area (Å²) in [5, 5.41) is 5.83. The molecule has 3 rings (SSSR count). The summed E-state index contributed by atoms with van der Waals surface area (Å²) in [5.74, 6) is 0. The lowest BCUT2D eigenvalue weighted by atomic mass is 10.1. The first-order chi connectivity index (χ1) is 11.7. The topological polar surface area (TPSA) is 44.4 Å². The smallest absolute Gasteiger partial charge is 0.319 e. The highest BCUT2D eigenvalue weighted by molar-refractivity contribution is 5.89. The van der Waals surface area contributed by atoms with Crippen LogP contribution in [0.1, 0.15) is 37.8 Å². The van der Waals surface area contributed by atoms with Crippen LogP contribution >= 0.6 is 0 Å². The zero-order valence-electron chi connectivity index (χ0n) is 14.2. The largest absolute Gasteiger partial charge is 0.372 e. The molecule has 126 valence electrons. The number of benzene rings is 2. The van der Waals surface area contributed by atoms with Crippen LogP contribution in [-0.4, -0.2) is 19.1 Å². The summed E-state index contributed by atoms with van der Waals surface area (Å²) in [7, 11) is 0. The van der Waals surface area contributed by atoms with Crippen LogP contribution in [0.25, 0.3) is 0 Å². The lowest BCUT2D eigenvalue weighted by Gasteiger charge is -2.29. The molecule has 1 heterocycles. The monoisotopic (exact) mass is 323 g/mol. The fraction of sp³-hybridized carbons (Fsp3) is 0.350. The van der Waals surface area contributed by atoms with Gasteiger partial charge in [-0.1, -0.05) is 30.3 Å². The molecule has 0 unspecified atom stereocenters. The Bertz CT molecular complexity index is 648. The number of nitrogens with zero attached hydrogens (tertiary/aromatic N) is 1. The number of carbonyl (C=O) groups is 1. The lowest BCUT2D eigenvalue weighted by Crippen LogP contribution is -2.31. The van der Waals surface area contributed by atoms with E-state index in [4.69, 9.17) is 0 Å². The van der Waals surface area contributed by atoms with Crippen LogP contribution in [0.2, 0.25) is 0 Å². The first-order valence-electron chi connectivity index (χ1n) is 8.70. The normalized spacial score (nSPS) is 15.6. The van der Waals surface area contributed by atoms with Gasteiger partial charge in [0.15, 0.2) is 0 Å². The van der Waals surface area contributed by atoms with E-state index in [1.54, 1.807) is 0 Å². The summed E-state index contributed by atoms with van der Waals surface area (Å²) in [6, 6.07) is 17.8. The highest BCUT2D eigenvalue weighted by atomic mass is 16.2. The van der Waals surface area contributed by atoms with Crippen LogP contribution in [0.5, 0.6) is 0 Å². The number of carbonyl (C=O) groups excluding carboxylic acids is 1. The molecule has 1 atom stereocenters. The summed E-state index contributed by atoms with van der Waals surface area (Å²) in [6.07, 6.45) is 3.89. The van der Waals surface area contributed by atoms with E-state index < -0.39 is 0 Å². The van der Waals surface area contributed by atoms with Crippen molar-refractivity contribution in [1.29, 1.82) is 0 Å². The van der Waals surface area contributed by atoms with Crippen molar-refractivity contribution in [2.45, 2.75) is 32.2 Å². The van der Waals surface area contributed by atoms with Gasteiger partial charge in [0, 0.05) is 24.5 Å². The van der Waals surface area contributed by atoms with Crippen LogP contribution in [-0.2, 0) is 0 Å². The maximum absolute atomic E-state index is 12.1. The van der Waals surface area contributed by atoms with Gasteiger partial charge in [-0.05, 0) is 56.0 Å². The number of hydrogen-bond acceptors (Lipinski definition) is 2. The van der Waals surface area contributed by atoms with E-state index in [0.717, 1.165) is 24.3 Å². The molecule has 4 heteroatoms. The minimum absolute atomic E-state index is 0.0379. The van der Waals surface area contributed by atoms with E-state index in [-0.39, 0.29) is 12.1 Å². The molecule has 1 aliphatic rings. The van der Waals surface area contributed by atoms with Gasteiger partial charge in [-0.2, -0.15) is 0 Å². The second kappa shape index (κ2) is 7.86. The van der Waals surface area contributed by atoms with Gasteiger partial charge in [0.2, 0.25) is 0 Å². The molecule has 2 aromatic carbocycles. The Kier molecular flexibility index (Phi) is 5.36. The Balaban J connectivity index is 1.56. The molecule has 0 spiro atoms. The molecular formula is C20H25N3O. The van der Waals surface area contributed by atoms with Crippen molar-refractivity contribution in [2.24, 2.45) is 0 Å². The Morgan fingerprint density at radius 1 is 0.958 bits per heavy atom. The van der Waals surface area contributed by atoms with E-state index in [9.17, 15) is 4.79 Å². The number of hydrogen-bond donors (Lipinski definition) is 2. The summed E-state index contributed by atoms with van der Waals surface area (Å²) in [5.41, 5.74) is 3.18. The lowest BCUT2D eigenvalue weighted by molar-refractivity contribution is 0.249. The van der Waals surface area contributed by atoms with Gasteiger partial charge in [-0.15, -0.1) is 0 Å². The molecule has 0 aromatic heterocycles. The molecule has 2 N–H and O–H groups in total. The predicted molar refractivity (Wildman–Crippen MR) is 99.5 cm³/mol. The van der Waals surface area contributed by atoms with Crippen LogP contribution in [0.4, 0.5) is 16.2 Å². The number of urea groups is 1. The first-order valence-corrected chi connectivity index (χ1v) is 8.70. The molecule has 2 aromatic rings. The molecule has 0 aliphatic carbocycles. The quantitative estimate of drug-likeness (QED) is 0.866. The summed E-state index contributed by atoms with van der Waals surface area (Å²) >= 11 is 0. The average molecular weight is 323 g/mol. The van der Waals surface area contributed by atoms with Crippen molar-refractivity contribution >= 4 is 17.4 Å². The van der Waals surface area contributed by atoms with Gasteiger partial charge >= 0.3 is 6.03 Å². The van der Waals surface area contributed by atoms with Gasteiger partial charge in [-0.3, -0.25) is 0 Å². The van der Waals surface area contributed by atoms with E-state index in [1.165, 1.54) is 24.9 Å². The fourth-order valence-electron chi connectivity index (χ4n) is 3.09. The van der Waals surface area contributed by atoms with Gasteiger partial charge in [0.25, 0.3) is 0 Å². The highest BCUT2D eigenvalue weighted by Crippen LogP contribution is 2.22. The van der Waals surface area contributed by atoms with Crippen LogP contribution in [0.3, 0.4) is 0 Å². The van der Waals surface area contributed by atoms with Gasteiger partial charge in [0.1, 0.15) is 0 Å². The molecule has 4 nitrogen and oxygen atoms in total. The zero-order chi connectivity index (χ0) is 16.8. The van der Waals surface area contributed by atoms with Crippen molar-refractivity contribution in [3.8, 4) is 0 Å². The van der Waals surface area contributed by atoms with Gasteiger partial charge < -0.3 is 15.5 Å². The van der Waals surface area contributed by atoms with Crippen molar-refractivity contribution in [3.63, 3.8) is 0 Å². The fourth-order valence-corrected chi connectivity index (χ4v) is 3.09. The van der Waals surface area contributed by atoms with E-state index in [1.807, 2.05) is 37.3 Å². The minimum Gasteiger partial charge on any atom is -0.372 e. The maximum atomic E-state index is 12.1. The number of rotatable bonds is 4. The second-order valence-electron chi connectivity index (χ2n) is 6.33. The molecule has 1 fully saturated rings. The summed E-state index contributed by atoms with van der Waals surface area (Å²) < 4.78 is 0. The molecule has 1 aliphatic heterocycles. The SMILES string of the molecule is C[C@@H](NC(=O)Nc1ccccc1)c1ccc(N2CCCCC2)cc1. The predicted octanol–water partition coefficient (Wildman–Crippen LogP) is 4.56.